The summed E-state index contributed by atoms with van der Waals surface area (Å²) in [5, 5.41) is 1.87. The second-order valence-electron chi connectivity index (χ2n) is 6.31. The number of benzene rings is 1. The van der Waals surface area contributed by atoms with Gasteiger partial charge in [0.1, 0.15) is 15.9 Å². The third kappa shape index (κ3) is 3.06. The molecule has 1 aliphatic heterocycles. The van der Waals surface area contributed by atoms with E-state index in [9.17, 15) is 4.79 Å². The number of piperidine rings is 1. The van der Waals surface area contributed by atoms with Crippen LogP contribution < -0.4 is 0 Å². The first-order valence-corrected chi connectivity index (χ1v) is 10.5. The smallest absolute Gasteiger partial charge is 0.273 e. The van der Waals surface area contributed by atoms with E-state index in [1.165, 1.54) is 11.3 Å². The molecule has 3 aromatic rings. The number of aromatic nitrogens is 3. The van der Waals surface area contributed by atoms with Gasteiger partial charge in [-0.05, 0) is 31.2 Å². The predicted octanol–water partition coefficient (Wildman–Crippen LogP) is 3.77. The molecule has 1 unspecified atom stereocenters. The summed E-state index contributed by atoms with van der Waals surface area (Å²) in [5.74, 6) is 1.38. The zero-order chi connectivity index (χ0) is 17.4. The topological polar surface area (TPSA) is 51.0 Å². The van der Waals surface area contributed by atoms with Crippen molar-refractivity contribution in [2.75, 3.05) is 19.3 Å². The minimum atomic E-state index is 0.0417. The van der Waals surface area contributed by atoms with Crippen LogP contribution >= 0.6 is 23.1 Å². The Bertz CT molecular complexity index is 917. The zero-order valence-corrected chi connectivity index (χ0v) is 15.9. The molecule has 1 saturated heterocycles. The first-order chi connectivity index (χ1) is 12.2. The largest absolute Gasteiger partial charge is 0.337 e. The SMILES string of the molecule is CSc1nc(C(=O)N2CCCC(c3nc4ccccc4n3C)C2)cs1. The fourth-order valence-electron chi connectivity index (χ4n) is 3.51. The van der Waals surface area contributed by atoms with E-state index in [4.69, 9.17) is 4.98 Å². The fraction of sp³-hybridized carbons (Fsp3) is 0.389. The number of aryl methyl sites for hydroxylation is 1. The van der Waals surface area contributed by atoms with Gasteiger partial charge in [-0.1, -0.05) is 23.9 Å². The summed E-state index contributed by atoms with van der Waals surface area (Å²) in [4.78, 5) is 24.0. The number of carbonyl (C=O) groups is 1. The molecule has 1 atom stereocenters. The molecule has 0 aliphatic carbocycles. The van der Waals surface area contributed by atoms with Crippen LogP contribution in [0.5, 0.6) is 0 Å². The normalized spacial score (nSPS) is 18.0. The van der Waals surface area contributed by atoms with Gasteiger partial charge in [-0.15, -0.1) is 11.3 Å². The highest BCUT2D eigenvalue weighted by atomic mass is 32.2. The van der Waals surface area contributed by atoms with Crippen molar-refractivity contribution in [2.24, 2.45) is 7.05 Å². The van der Waals surface area contributed by atoms with Crippen LogP contribution in [-0.2, 0) is 7.05 Å². The molecule has 0 saturated carbocycles. The first-order valence-electron chi connectivity index (χ1n) is 8.37. The van der Waals surface area contributed by atoms with E-state index in [2.05, 4.69) is 22.7 Å². The molecular weight excluding hydrogens is 352 g/mol. The molecule has 7 heteroatoms. The number of hydrogen-bond donors (Lipinski definition) is 0. The van der Waals surface area contributed by atoms with E-state index in [1.807, 2.05) is 34.7 Å². The van der Waals surface area contributed by atoms with E-state index < -0.39 is 0 Å². The number of rotatable bonds is 3. The van der Waals surface area contributed by atoms with E-state index in [0.717, 1.165) is 40.6 Å². The molecule has 1 fully saturated rings. The maximum Gasteiger partial charge on any atom is 0.273 e. The van der Waals surface area contributed by atoms with Crippen LogP contribution in [0.4, 0.5) is 0 Å². The van der Waals surface area contributed by atoms with Crippen molar-refractivity contribution in [2.45, 2.75) is 23.1 Å². The number of fused-ring (bicyclic) bond motifs is 1. The standard InChI is InChI=1S/C18H20N4OS2/c1-21-15-8-4-3-7-13(15)19-16(21)12-6-5-9-22(10-12)17(23)14-11-25-18(20-14)24-2/h3-4,7-8,11-12H,5-6,9-10H2,1-2H3. The molecule has 0 radical (unpaired) electrons. The van der Waals surface area contributed by atoms with Gasteiger partial charge in [-0.3, -0.25) is 4.79 Å². The Morgan fingerprint density at radius 2 is 2.16 bits per heavy atom. The van der Waals surface area contributed by atoms with Crippen LogP contribution in [0.3, 0.4) is 0 Å². The molecule has 2 aromatic heterocycles. The minimum absolute atomic E-state index is 0.0417. The van der Waals surface area contributed by atoms with Gasteiger partial charge in [0.05, 0.1) is 11.0 Å². The fourth-order valence-corrected chi connectivity index (χ4v) is 4.75. The van der Waals surface area contributed by atoms with Crippen LogP contribution in [0, 0.1) is 0 Å². The Balaban J connectivity index is 1.57. The number of imidazole rings is 1. The van der Waals surface area contributed by atoms with E-state index in [-0.39, 0.29) is 11.8 Å². The predicted molar refractivity (Wildman–Crippen MR) is 102 cm³/mol. The zero-order valence-electron chi connectivity index (χ0n) is 14.3. The molecule has 0 bridgehead atoms. The summed E-state index contributed by atoms with van der Waals surface area (Å²) in [7, 11) is 2.07. The van der Waals surface area contributed by atoms with Crippen molar-refractivity contribution in [3.63, 3.8) is 0 Å². The number of nitrogens with zero attached hydrogens (tertiary/aromatic N) is 4. The van der Waals surface area contributed by atoms with E-state index in [1.54, 1.807) is 11.8 Å². The van der Waals surface area contributed by atoms with Gasteiger partial charge in [0, 0.05) is 31.4 Å². The lowest BCUT2D eigenvalue weighted by Gasteiger charge is -2.32. The molecule has 130 valence electrons. The lowest BCUT2D eigenvalue weighted by Crippen LogP contribution is -2.39. The number of likely N-dealkylation sites (tertiary alicyclic amines) is 1. The van der Waals surface area contributed by atoms with Gasteiger partial charge in [0.15, 0.2) is 0 Å². The molecule has 0 N–H and O–H groups in total. The number of hydrogen-bond acceptors (Lipinski definition) is 5. The molecular formula is C18H20N4OS2. The molecule has 4 rings (SSSR count). The second kappa shape index (κ2) is 6.80. The van der Waals surface area contributed by atoms with E-state index in [0.29, 0.717) is 12.2 Å². The van der Waals surface area contributed by atoms with Gasteiger partial charge >= 0.3 is 0 Å². The lowest BCUT2D eigenvalue weighted by atomic mass is 9.97. The second-order valence-corrected chi connectivity index (χ2v) is 8.22. The van der Waals surface area contributed by atoms with Gasteiger partial charge in [-0.2, -0.15) is 0 Å². The number of thioether (sulfide) groups is 1. The van der Waals surface area contributed by atoms with Crippen molar-refractivity contribution in [1.82, 2.24) is 19.4 Å². The maximum atomic E-state index is 12.8. The van der Waals surface area contributed by atoms with Gasteiger partial charge < -0.3 is 9.47 Å². The minimum Gasteiger partial charge on any atom is -0.337 e. The average molecular weight is 373 g/mol. The van der Waals surface area contributed by atoms with Crippen LogP contribution in [0.2, 0.25) is 0 Å². The summed E-state index contributed by atoms with van der Waals surface area (Å²) in [6.07, 6.45) is 4.04. The van der Waals surface area contributed by atoms with Crippen LogP contribution in [0.25, 0.3) is 11.0 Å². The summed E-state index contributed by atoms with van der Waals surface area (Å²) < 4.78 is 3.11. The maximum absolute atomic E-state index is 12.8. The highest BCUT2D eigenvalue weighted by Crippen LogP contribution is 2.30. The lowest BCUT2D eigenvalue weighted by molar-refractivity contribution is 0.0698. The molecule has 0 spiro atoms. The summed E-state index contributed by atoms with van der Waals surface area (Å²) in [6.45, 7) is 1.51. The first kappa shape index (κ1) is 16.6. The molecule has 1 aliphatic rings. The number of amides is 1. The van der Waals surface area contributed by atoms with Gasteiger partial charge in [0.2, 0.25) is 0 Å². The van der Waals surface area contributed by atoms with Crippen molar-refractivity contribution < 1.29 is 4.79 Å². The Morgan fingerprint density at radius 3 is 2.92 bits per heavy atom. The monoisotopic (exact) mass is 372 g/mol. The molecule has 1 amide bonds. The van der Waals surface area contributed by atoms with Crippen molar-refractivity contribution in [1.29, 1.82) is 0 Å². The quantitative estimate of drug-likeness (QED) is 0.657. The van der Waals surface area contributed by atoms with Gasteiger partial charge in [0.25, 0.3) is 5.91 Å². The van der Waals surface area contributed by atoms with Crippen LogP contribution in [0.1, 0.15) is 35.1 Å². The Morgan fingerprint density at radius 1 is 1.32 bits per heavy atom. The van der Waals surface area contributed by atoms with Gasteiger partial charge in [-0.25, -0.2) is 9.97 Å². The summed E-state index contributed by atoms with van der Waals surface area (Å²) in [6, 6.07) is 8.19. The number of thiazole rings is 1. The molecule has 25 heavy (non-hydrogen) atoms. The summed E-state index contributed by atoms with van der Waals surface area (Å²) in [5.41, 5.74) is 2.73. The number of carbonyl (C=O) groups excluding carboxylic acids is 1. The third-order valence-electron chi connectivity index (χ3n) is 4.77. The van der Waals surface area contributed by atoms with Crippen molar-refractivity contribution >= 4 is 40.0 Å². The van der Waals surface area contributed by atoms with Crippen molar-refractivity contribution in [3.8, 4) is 0 Å². The van der Waals surface area contributed by atoms with Crippen LogP contribution in [0.15, 0.2) is 34.0 Å². The van der Waals surface area contributed by atoms with Crippen molar-refractivity contribution in [3.05, 3.63) is 41.2 Å². The highest BCUT2D eigenvalue weighted by molar-refractivity contribution is 8.00. The average Bonchev–Trinajstić information content (AvgIpc) is 3.26. The third-order valence-corrected chi connectivity index (χ3v) is 6.64. The Hall–Kier alpha value is -1.86. The molecule has 5 nitrogen and oxygen atoms in total. The van der Waals surface area contributed by atoms with E-state index >= 15 is 0 Å². The number of para-hydroxylation sites is 2. The Labute approximate surface area is 155 Å². The summed E-state index contributed by atoms with van der Waals surface area (Å²) >= 11 is 3.11. The Kier molecular flexibility index (Phi) is 4.52. The highest BCUT2D eigenvalue weighted by Gasteiger charge is 2.29. The molecule has 1 aromatic carbocycles. The van der Waals surface area contributed by atoms with Crippen LogP contribution in [-0.4, -0.2) is 44.7 Å². The molecule has 3 heterocycles.